The third-order valence-corrected chi connectivity index (χ3v) is 2.83. The monoisotopic (exact) mass is 203 g/mol. The number of benzene rings is 1. The Morgan fingerprint density at radius 3 is 2.80 bits per heavy atom. The maximum absolute atomic E-state index is 9.08. The molecule has 0 radical (unpaired) electrons. The topological polar surface area (TPSA) is 32.3 Å². The highest BCUT2D eigenvalue weighted by atomic mass is 16.3. The number of rotatable bonds is 3. The molecule has 1 aliphatic heterocycles. The van der Waals surface area contributed by atoms with E-state index in [9.17, 15) is 0 Å². The lowest BCUT2D eigenvalue weighted by Crippen LogP contribution is -2.35. The predicted molar refractivity (Wildman–Crippen MR) is 61.7 cm³/mol. The van der Waals surface area contributed by atoms with Gasteiger partial charge in [0, 0.05) is 12.6 Å². The van der Waals surface area contributed by atoms with Crippen molar-refractivity contribution in [3.63, 3.8) is 0 Å². The Balaban J connectivity index is 1.94. The molecule has 80 valence electrons. The smallest absolute Gasteiger partial charge is 0.0642 e. The first-order valence-corrected chi connectivity index (χ1v) is 5.44. The first kappa shape index (κ1) is 10.4. The van der Waals surface area contributed by atoms with Gasteiger partial charge in [-0.25, -0.2) is 0 Å². The van der Waals surface area contributed by atoms with Gasteiger partial charge in [0.25, 0.3) is 0 Å². The molecule has 2 heteroatoms. The molecule has 2 rings (SSSR count). The van der Waals surface area contributed by atoms with Gasteiger partial charge in [-0.2, -0.15) is 0 Å². The summed E-state index contributed by atoms with van der Waals surface area (Å²) in [4.78, 5) is 0. The first-order chi connectivity index (χ1) is 7.38. The van der Waals surface area contributed by atoms with Crippen LogP contribution in [0.5, 0.6) is 0 Å². The molecule has 0 aromatic heterocycles. The minimum atomic E-state index is 0.201. The molecule has 1 atom stereocenters. The molecule has 0 bridgehead atoms. The number of aliphatic hydroxyl groups excluding tert-OH is 1. The average Bonchev–Trinajstić information content (AvgIpc) is 2.31. The molecule has 0 fully saturated rings. The van der Waals surface area contributed by atoms with E-state index in [4.69, 9.17) is 5.11 Å². The van der Waals surface area contributed by atoms with E-state index in [0.29, 0.717) is 6.04 Å². The Bertz CT molecular complexity index is 332. The highest BCUT2D eigenvalue weighted by Gasteiger charge is 2.14. The summed E-state index contributed by atoms with van der Waals surface area (Å²) in [7, 11) is 0. The molecule has 0 aliphatic carbocycles. The second-order valence-electron chi connectivity index (χ2n) is 4.02. The van der Waals surface area contributed by atoms with E-state index in [1.54, 1.807) is 0 Å². The van der Waals surface area contributed by atoms with Gasteiger partial charge in [-0.15, -0.1) is 0 Å². The van der Waals surface area contributed by atoms with Gasteiger partial charge in [-0.05, 0) is 24.0 Å². The second kappa shape index (κ2) is 5.10. The van der Waals surface area contributed by atoms with Crippen molar-refractivity contribution in [2.75, 3.05) is 13.2 Å². The van der Waals surface area contributed by atoms with Crippen molar-refractivity contribution in [1.82, 2.24) is 5.32 Å². The molecule has 1 heterocycles. The zero-order valence-corrected chi connectivity index (χ0v) is 8.82. The van der Waals surface area contributed by atoms with Crippen LogP contribution in [0.4, 0.5) is 0 Å². The highest BCUT2D eigenvalue weighted by Crippen LogP contribution is 2.13. The Labute approximate surface area is 90.6 Å². The van der Waals surface area contributed by atoms with E-state index >= 15 is 0 Å². The molecule has 1 aromatic rings. The van der Waals surface area contributed by atoms with Crippen LogP contribution < -0.4 is 5.32 Å². The fraction of sp³-hybridized carbons (Fsp3) is 0.385. The number of hydrogen-bond donors (Lipinski definition) is 2. The van der Waals surface area contributed by atoms with Gasteiger partial charge in [0.05, 0.1) is 6.61 Å². The summed E-state index contributed by atoms with van der Waals surface area (Å²) in [6.07, 6.45) is 4.09. The maximum atomic E-state index is 9.08. The summed E-state index contributed by atoms with van der Waals surface area (Å²) in [5.41, 5.74) is 2.52. The molecule has 0 spiro atoms. The molecule has 1 aliphatic rings. The van der Waals surface area contributed by atoms with Gasteiger partial charge < -0.3 is 10.4 Å². The molecular weight excluding hydrogens is 186 g/mol. The van der Waals surface area contributed by atoms with Crippen LogP contribution in [0.25, 0.3) is 0 Å². The molecule has 1 unspecified atom stereocenters. The zero-order chi connectivity index (χ0) is 10.5. The van der Waals surface area contributed by atoms with E-state index in [2.05, 4.69) is 35.7 Å². The highest BCUT2D eigenvalue weighted by molar-refractivity contribution is 5.18. The molecular formula is C13H17NO. The minimum Gasteiger partial charge on any atom is -0.392 e. The van der Waals surface area contributed by atoms with Crippen LogP contribution >= 0.6 is 0 Å². The Hall–Kier alpha value is -1.12. The van der Waals surface area contributed by atoms with Gasteiger partial charge in [-0.3, -0.25) is 0 Å². The van der Waals surface area contributed by atoms with E-state index < -0.39 is 0 Å². The number of aliphatic hydroxyl groups is 1. The van der Waals surface area contributed by atoms with Crippen LogP contribution in [0.15, 0.2) is 42.0 Å². The maximum Gasteiger partial charge on any atom is 0.0642 e. The molecule has 0 saturated carbocycles. The molecule has 2 nitrogen and oxygen atoms in total. The molecule has 2 N–H and O–H groups in total. The lowest BCUT2D eigenvalue weighted by atomic mass is 9.96. The van der Waals surface area contributed by atoms with Crippen LogP contribution in [-0.4, -0.2) is 24.3 Å². The van der Waals surface area contributed by atoms with Crippen molar-refractivity contribution in [2.45, 2.75) is 18.9 Å². The predicted octanol–water partition coefficient (Wildman–Crippen LogP) is 1.51. The van der Waals surface area contributed by atoms with Crippen LogP contribution in [0.1, 0.15) is 12.0 Å². The molecule has 0 saturated heterocycles. The van der Waals surface area contributed by atoms with Crippen molar-refractivity contribution in [3.8, 4) is 0 Å². The normalized spacial score (nSPS) is 21.1. The van der Waals surface area contributed by atoms with Gasteiger partial charge >= 0.3 is 0 Å². The molecule has 0 amide bonds. The number of nitrogens with one attached hydrogen (secondary N) is 1. The summed E-state index contributed by atoms with van der Waals surface area (Å²) in [6, 6.07) is 11.0. The van der Waals surface area contributed by atoms with E-state index in [0.717, 1.165) is 25.0 Å². The van der Waals surface area contributed by atoms with Gasteiger partial charge in [0.2, 0.25) is 0 Å². The van der Waals surface area contributed by atoms with Crippen LogP contribution in [0, 0.1) is 0 Å². The largest absolute Gasteiger partial charge is 0.392 e. The summed E-state index contributed by atoms with van der Waals surface area (Å²) in [6.45, 7) is 1.08. The average molecular weight is 203 g/mol. The zero-order valence-electron chi connectivity index (χ0n) is 8.82. The van der Waals surface area contributed by atoms with Gasteiger partial charge in [-0.1, -0.05) is 36.4 Å². The summed E-state index contributed by atoms with van der Waals surface area (Å²) < 4.78 is 0. The first-order valence-electron chi connectivity index (χ1n) is 5.44. The van der Waals surface area contributed by atoms with E-state index in [-0.39, 0.29) is 6.61 Å². The lowest BCUT2D eigenvalue weighted by molar-refractivity contribution is 0.316. The fourth-order valence-corrected chi connectivity index (χ4v) is 2.01. The van der Waals surface area contributed by atoms with Crippen molar-refractivity contribution in [2.24, 2.45) is 0 Å². The summed E-state index contributed by atoms with van der Waals surface area (Å²) >= 11 is 0. The Morgan fingerprint density at radius 2 is 2.07 bits per heavy atom. The van der Waals surface area contributed by atoms with Crippen molar-refractivity contribution in [3.05, 3.63) is 47.5 Å². The Kier molecular flexibility index (Phi) is 3.54. The van der Waals surface area contributed by atoms with Crippen LogP contribution in [0.3, 0.4) is 0 Å². The fourth-order valence-electron chi connectivity index (χ4n) is 2.01. The minimum absolute atomic E-state index is 0.201. The SMILES string of the molecule is OCC1=CCNC(Cc2ccccc2)C1. The standard InChI is InChI=1S/C13H17NO/c15-10-12-6-7-14-13(9-12)8-11-4-2-1-3-5-11/h1-6,13-15H,7-10H2. The van der Waals surface area contributed by atoms with Crippen molar-refractivity contribution in [1.29, 1.82) is 0 Å². The summed E-state index contributed by atoms with van der Waals surface area (Å²) in [5, 5.41) is 12.5. The lowest BCUT2D eigenvalue weighted by Gasteiger charge is -2.23. The van der Waals surface area contributed by atoms with E-state index in [1.807, 2.05) is 6.07 Å². The molecule has 15 heavy (non-hydrogen) atoms. The van der Waals surface area contributed by atoms with Crippen LogP contribution in [0.2, 0.25) is 0 Å². The third-order valence-electron chi connectivity index (χ3n) is 2.83. The van der Waals surface area contributed by atoms with Crippen molar-refractivity contribution < 1.29 is 5.11 Å². The van der Waals surface area contributed by atoms with Crippen LogP contribution in [-0.2, 0) is 6.42 Å². The Morgan fingerprint density at radius 1 is 1.27 bits per heavy atom. The van der Waals surface area contributed by atoms with Gasteiger partial charge in [0.1, 0.15) is 0 Å². The quantitative estimate of drug-likeness (QED) is 0.730. The third kappa shape index (κ3) is 2.91. The second-order valence-corrected chi connectivity index (χ2v) is 4.02. The number of hydrogen-bond acceptors (Lipinski definition) is 2. The molecule has 1 aromatic carbocycles. The summed E-state index contributed by atoms with van der Waals surface area (Å²) in [5.74, 6) is 0. The van der Waals surface area contributed by atoms with E-state index in [1.165, 1.54) is 5.56 Å². The van der Waals surface area contributed by atoms with Gasteiger partial charge in [0.15, 0.2) is 0 Å². The van der Waals surface area contributed by atoms with Crippen molar-refractivity contribution >= 4 is 0 Å².